The standard InChI is InChI=1S/C13H7Cl2N3O/c14-12-11(13(15)17-8-16-12)18-10(19)7-6-9-4-2-1-3-5-9/h1-5,8H,(H,18,19). The number of benzene rings is 1. The highest BCUT2D eigenvalue weighted by Gasteiger charge is 2.09. The topological polar surface area (TPSA) is 54.9 Å². The number of halogens is 2. The maximum absolute atomic E-state index is 11.6. The lowest BCUT2D eigenvalue weighted by molar-refractivity contribution is -0.111. The largest absolute Gasteiger partial charge is 0.310 e. The van der Waals surface area contributed by atoms with Crippen molar-refractivity contribution >= 4 is 34.8 Å². The van der Waals surface area contributed by atoms with Crippen LogP contribution in [0.15, 0.2) is 36.7 Å². The number of rotatable bonds is 1. The molecule has 0 aliphatic carbocycles. The Morgan fingerprint density at radius 2 is 1.74 bits per heavy atom. The quantitative estimate of drug-likeness (QED) is 0.649. The zero-order chi connectivity index (χ0) is 13.7. The Morgan fingerprint density at radius 3 is 2.37 bits per heavy atom. The number of nitrogens with zero attached hydrogens (tertiary/aromatic N) is 2. The Bertz CT molecular complexity index is 642. The Labute approximate surface area is 119 Å². The van der Waals surface area contributed by atoms with Gasteiger partial charge in [-0.2, -0.15) is 0 Å². The van der Waals surface area contributed by atoms with Crippen molar-refractivity contribution in [2.24, 2.45) is 0 Å². The number of anilines is 1. The maximum atomic E-state index is 11.6. The third kappa shape index (κ3) is 3.68. The summed E-state index contributed by atoms with van der Waals surface area (Å²) in [6.45, 7) is 0. The fourth-order valence-electron chi connectivity index (χ4n) is 1.24. The third-order valence-electron chi connectivity index (χ3n) is 2.09. The van der Waals surface area contributed by atoms with Gasteiger partial charge in [-0.25, -0.2) is 9.97 Å². The highest BCUT2D eigenvalue weighted by atomic mass is 35.5. The minimum atomic E-state index is -0.539. The maximum Gasteiger partial charge on any atom is 0.300 e. The Hall–Kier alpha value is -2.09. The molecule has 1 amide bonds. The van der Waals surface area contributed by atoms with Gasteiger partial charge in [-0.05, 0) is 12.1 Å². The van der Waals surface area contributed by atoms with Crippen LogP contribution >= 0.6 is 23.2 Å². The first-order valence-corrected chi connectivity index (χ1v) is 5.96. The van der Waals surface area contributed by atoms with Crippen molar-refractivity contribution in [3.05, 3.63) is 52.5 Å². The SMILES string of the molecule is O=C(C#Cc1ccccc1)Nc1c(Cl)ncnc1Cl. The smallest absolute Gasteiger partial charge is 0.300 e. The van der Waals surface area contributed by atoms with Gasteiger partial charge in [-0.3, -0.25) is 4.79 Å². The lowest BCUT2D eigenvalue weighted by atomic mass is 10.2. The van der Waals surface area contributed by atoms with Crippen molar-refractivity contribution in [3.8, 4) is 11.8 Å². The van der Waals surface area contributed by atoms with Crippen LogP contribution in [0.25, 0.3) is 0 Å². The first-order chi connectivity index (χ1) is 9.16. The fourth-order valence-corrected chi connectivity index (χ4v) is 1.65. The number of hydrogen-bond acceptors (Lipinski definition) is 3. The second kappa shape index (κ2) is 6.19. The number of carbonyl (C=O) groups is 1. The van der Waals surface area contributed by atoms with Gasteiger partial charge >= 0.3 is 5.91 Å². The fraction of sp³-hybridized carbons (Fsp3) is 0. The van der Waals surface area contributed by atoms with Gasteiger partial charge in [0.1, 0.15) is 12.0 Å². The highest BCUT2D eigenvalue weighted by molar-refractivity contribution is 6.38. The Balaban J connectivity index is 2.13. The number of hydrogen-bond donors (Lipinski definition) is 1. The first-order valence-electron chi connectivity index (χ1n) is 5.21. The van der Waals surface area contributed by atoms with Gasteiger partial charge in [0, 0.05) is 11.5 Å². The molecule has 2 aromatic rings. The van der Waals surface area contributed by atoms with E-state index in [4.69, 9.17) is 23.2 Å². The van der Waals surface area contributed by atoms with Gasteiger partial charge in [0.15, 0.2) is 10.3 Å². The number of nitrogens with one attached hydrogen (secondary N) is 1. The molecule has 0 atom stereocenters. The number of amides is 1. The lowest BCUT2D eigenvalue weighted by Crippen LogP contribution is -2.10. The van der Waals surface area contributed by atoms with Crippen LogP contribution < -0.4 is 5.32 Å². The minimum absolute atomic E-state index is 0.0647. The molecule has 0 aliphatic heterocycles. The van der Waals surface area contributed by atoms with E-state index < -0.39 is 5.91 Å². The van der Waals surface area contributed by atoms with Gasteiger partial charge in [-0.15, -0.1) is 0 Å². The van der Waals surface area contributed by atoms with E-state index >= 15 is 0 Å². The summed E-state index contributed by atoms with van der Waals surface area (Å²) in [6, 6.07) is 9.13. The Kier molecular flexibility index (Phi) is 4.35. The van der Waals surface area contributed by atoms with E-state index in [0.29, 0.717) is 0 Å². The van der Waals surface area contributed by atoms with Crippen molar-refractivity contribution in [1.82, 2.24) is 9.97 Å². The summed E-state index contributed by atoms with van der Waals surface area (Å²) in [5, 5.41) is 2.58. The van der Waals surface area contributed by atoms with Crippen molar-refractivity contribution in [3.63, 3.8) is 0 Å². The van der Waals surface area contributed by atoms with Crippen molar-refractivity contribution in [2.45, 2.75) is 0 Å². The van der Waals surface area contributed by atoms with Gasteiger partial charge < -0.3 is 5.32 Å². The molecule has 0 aliphatic rings. The average molecular weight is 292 g/mol. The Morgan fingerprint density at radius 1 is 1.11 bits per heavy atom. The zero-order valence-corrected chi connectivity index (χ0v) is 11.0. The molecule has 6 heteroatoms. The van der Waals surface area contributed by atoms with Crippen LogP contribution in [-0.4, -0.2) is 15.9 Å². The van der Waals surface area contributed by atoms with Crippen molar-refractivity contribution in [2.75, 3.05) is 5.32 Å². The third-order valence-corrected chi connectivity index (χ3v) is 2.66. The van der Waals surface area contributed by atoms with Crippen LogP contribution in [0.4, 0.5) is 5.69 Å². The summed E-state index contributed by atoms with van der Waals surface area (Å²) in [6.07, 6.45) is 1.20. The molecule has 94 valence electrons. The predicted octanol–water partition coefficient (Wildman–Crippen LogP) is 2.77. The molecule has 1 N–H and O–H groups in total. The number of carbonyl (C=O) groups excluding carboxylic acids is 1. The van der Waals surface area contributed by atoms with E-state index in [9.17, 15) is 4.79 Å². The van der Waals surface area contributed by atoms with Crippen LogP contribution in [-0.2, 0) is 4.79 Å². The van der Waals surface area contributed by atoms with Gasteiger partial charge in [-0.1, -0.05) is 47.3 Å². The molecule has 0 spiro atoms. The number of aromatic nitrogens is 2. The summed E-state index contributed by atoms with van der Waals surface area (Å²) in [5.41, 5.74) is 0.886. The highest BCUT2D eigenvalue weighted by Crippen LogP contribution is 2.25. The molecular formula is C13H7Cl2N3O. The molecule has 0 saturated heterocycles. The summed E-state index contributed by atoms with van der Waals surface area (Å²) in [7, 11) is 0. The normalized spacial score (nSPS) is 9.37. The molecule has 1 heterocycles. The van der Waals surface area contributed by atoms with E-state index in [1.54, 1.807) is 12.1 Å². The van der Waals surface area contributed by atoms with Crippen LogP contribution in [0.3, 0.4) is 0 Å². The average Bonchev–Trinajstić information content (AvgIpc) is 2.42. The molecule has 0 radical (unpaired) electrons. The van der Waals surface area contributed by atoms with Gasteiger partial charge in [0.2, 0.25) is 0 Å². The molecule has 0 unspecified atom stereocenters. The molecule has 19 heavy (non-hydrogen) atoms. The molecule has 1 aromatic heterocycles. The molecule has 2 rings (SSSR count). The second-order valence-electron chi connectivity index (χ2n) is 3.40. The van der Waals surface area contributed by atoms with Crippen molar-refractivity contribution in [1.29, 1.82) is 0 Å². The van der Waals surface area contributed by atoms with E-state index in [1.165, 1.54) is 6.33 Å². The lowest BCUT2D eigenvalue weighted by Gasteiger charge is -2.03. The molecule has 0 saturated carbocycles. The van der Waals surface area contributed by atoms with E-state index in [1.807, 2.05) is 18.2 Å². The zero-order valence-electron chi connectivity index (χ0n) is 9.52. The van der Waals surface area contributed by atoms with Gasteiger partial charge in [0.25, 0.3) is 0 Å². The summed E-state index contributed by atoms with van der Waals surface area (Å²) >= 11 is 11.6. The monoisotopic (exact) mass is 291 g/mol. The molecular weight excluding hydrogens is 285 g/mol. The molecule has 4 nitrogen and oxygen atoms in total. The van der Waals surface area contributed by atoms with Crippen LogP contribution in [0.1, 0.15) is 5.56 Å². The van der Waals surface area contributed by atoms with E-state index in [-0.39, 0.29) is 16.0 Å². The van der Waals surface area contributed by atoms with E-state index in [2.05, 4.69) is 27.1 Å². The van der Waals surface area contributed by atoms with Crippen LogP contribution in [0.2, 0.25) is 10.3 Å². The molecule has 1 aromatic carbocycles. The summed E-state index contributed by atoms with van der Waals surface area (Å²) in [4.78, 5) is 19.1. The predicted molar refractivity (Wildman–Crippen MR) is 74.0 cm³/mol. The molecule has 0 fully saturated rings. The summed E-state index contributed by atoms with van der Waals surface area (Å²) < 4.78 is 0. The van der Waals surface area contributed by atoms with Crippen molar-refractivity contribution < 1.29 is 4.79 Å². The van der Waals surface area contributed by atoms with Crippen LogP contribution in [0, 0.1) is 11.8 Å². The first kappa shape index (κ1) is 13.3. The van der Waals surface area contributed by atoms with Gasteiger partial charge in [0.05, 0.1) is 0 Å². The van der Waals surface area contributed by atoms with E-state index in [0.717, 1.165) is 5.56 Å². The van der Waals surface area contributed by atoms with Crippen LogP contribution in [0.5, 0.6) is 0 Å². The summed E-state index contributed by atoms with van der Waals surface area (Å²) in [5.74, 6) is 4.60. The second-order valence-corrected chi connectivity index (χ2v) is 4.12. The minimum Gasteiger partial charge on any atom is -0.310 e. The molecule has 0 bridgehead atoms.